The van der Waals surface area contributed by atoms with E-state index in [2.05, 4.69) is 5.32 Å². The van der Waals surface area contributed by atoms with Crippen LogP contribution in [0.3, 0.4) is 0 Å². The number of likely N-dealkylation sites (tertiary alicyclic amines) is 1. The normalized spacial score (nSPS) is 19.4. The van der Waals surface area contributed by atoms with Gasteiger partial charge in [0.1, 0.15) is 0 Å². The number of carbonyl (C=O) groups is 2. The molecule has 1 N–H and O–H groups in total. The standard InChI is InChI=1S/C15H29N3O3/c1-15(2,3)18-10-12(8-14(18)20)9-16-13(19)11-17(4)6-7-21-5/h12H,6-11H2,1-5H3,(H,16,19)/t12-/m1/s1. The zero-order valence-electron chi connectivity index (χ0n) is 13.9. The maximum atomic E-state index is 12.0. The first kappa shape index (κ1) is 17.9. The molecule has 6 heteroatoms. The van der Waals surface area contributed by atoms with Gasteiger partial charge in [-0.05, 0) is 27.8 Å². The van der Waals surface area contributed by atoms with Crippen LogP contribution in [0.15, 0.2) is 0 Å². The number of rotatable bonds is 7. The predicted octanol–water partition coefficient (Wildman–Crippen LogP) is 0.328. The number of nitrogens with zero attached hydrogens (tertiary/aromatic N) is 2. The molecule has 1 aliphatic heterocycles. The Morgan fingerprint density at radius 2 is 2.14 bits per heavy atom. The highest BCUT2D eigenvalue weighted by atomic mass is 16.5. The lowest BCUT2D eigenvalue weighted by Gasteiger charge is -2.32. The van der Waals surface area contributed by atoms with E-state index >= 15 is 0 Å². The molecule has 1 atom stereocenters. The lowest BCUT2D eigenvalue weighted by molar-refractivity contribution is -0.131. The van der Waals surface area contributed by atoms with Crippen molar-refractivity contribution >= 4 is 11.8 Å². The minimum atomic E-state index is -0.143. The molecule has 1 saturated heterocycles. The summed E-state index contributed by atoms with van der Waals surface area (Å²) >= 11 is 0. The van der Waals surface area contributed by atoms with E-state index in [1.54, 1.807) is 7.11 Å². The zero-order chi connectivity index (χ0) is 16.0. The van der Waals surface area contributed by atoms with Gasteiger partial charge in [0.25, 0.3) is 0 Å². The second kappa shape index (κ2) is 7.75. The Hall–Kier alpha value is -1.14. The van der Waals surface area contributed by atoms with Gasteiger partial charge < -0.3 is 15.0 Å². The third-order valence-electron chi connectivity index (χ3n) is 3.69. The number of nitrogens with one attached hydrogen (secondary N) is 1. The summed E-state index contributed by atoms with van der Waals surface area (Å²) in [5.41, 5.74) is -0.143. The Morgan fingerprint density at radius 1 is 1.48 bits per heavy atom. The zero-order valence-corrected chi connectivity index (χ0v) is 13.9. The van der Waals surface area contributed by atoms with E-state index in [1.165, 1.54) is 0 Å². The Labute approximate surface area is 127 Å². The Balaban J connectivity index is 2.30. The summed E-state index contributed by atoms with van der Waals surface area (Å²) in [4.78, 5) is 27.6. The molecule has 0 aliphatic carbocycles. The minimum Gasteiger partial charge on any atom is -0.383 e. The van der Waals surface area contributed by atoms with Crippen LogP contribution in [0, 0.1) is 5.92 Å². The van der Waals surface area contributed by atoms with Gasteiger partial charge in [-0.15, -0.1) is 0 Å². The van der Waals surface area contributed by atoms with Crippen molar-refractivity contribution in [3.63, 3.8) is 0 Å². The molecule has 1 rings (SSSR count). The van der Waals surface area contributed by atoms with Crippen molar-refractivity contribution in [3.05, 3.63) is 0 Å². The van der Waals surface area contributed by atoms with Gasteiger partial charge in [0.2, 0.25) is 11.8 Å². The lowest BCUT2D eigenvalue weighted by atomic mass is 10.1. The quantitative estimate of drug-likeness (QED) is 0.736. The monoisotopic (exact) mass is 299 g/mol. The topological polar surface area (TPSA) is 61.9 Å². The van der Waals surface area contributed by atoms with Gasteiger partial charge in [-0.25, -0.2) is 0 Å². The van der Waals surface area contributed by atoms with Crippen molar-refractivity contribution in [2.45, 2.75) is 32.7 Å². The summed E-state index contributed by atoms with van der Waals surface area (Å²) in [7, 11) is 3.53. The van der Waals surface area contributed by atoms with E-state index in [9.17, 15) is 9.59 Å². The van der Waals surface area contributed by atoms with Crippen LogP contribution in [0.1, 0.15) is 27.2 Å². The third kappa shape index (κ3) is 6.01. The number of likely N-dealkylation sites (N-methyl/N-ethyl adjacent to an activating group) is 1. The summed E-state index contributed by atoms with van der Waals surface area (Å²) in [5, 5.41) is 2.92. The van der Waals surface area contributed by atoms with E-state index in [4.69, 9.17) is 4.74 Å². The average Bonchev–Trinajstić information content (AvgIpc) is 2.75. The number of hydrogen-bond acceptors (Lipinski definition) is 4. The van der Waals surface area contributed by atoms with Gasteiger partial charge in [0.05, 0.1) is 13.2 Å². The van der Waals surface area contributed by atoms with E-state index < -0.39 is 0 Å². The van der Waals surface area contributed by atoms with E-state index in [-0.39, 0.29) is 23.3 Å². The average molecular weight is 299 g/mol. The SMILES string of the molecule is COCCN(C)CC(=O)NC[C@H]1CC(=O)N(C(C)(C)C)C1. The van der Waals surface area contributed by atoms with E-state index in [0.717, 1.165) is 13.1 Å². The number of amides is 2. The molecule has 0 aromatic carbocycles. The van der Waals surface area contributed by atoms with Crippen LogP contribution in [0.25, 0.3) is 0 Å². The molecule has 122 valence electrons. The van der Waals surface area contributed by atoms with Crippen molar-refractivity contribution in [2.24, 2.45) is 5.92 Å². The second-order valence-electron chi connectivity index (χ2n) is 6.78. The molecule has 6 nitrogen and oxygen atoms in total. The van der Waals surface area contributed by atoms with Crippen LogP contribution < -0.4 is 5.32 Å². The third-order valence-corrected chi connectivity index (χ3v) is 3.69. The van der Waals surface area contributed by atoms with E-state index in [1.807, 2.05) is 37.6 Å². The molecular weight excluding hydrogens is 270 g/mol. The molecule has 2 amide bonds. The number of hydrogen-bond donors (Lipinski definition) is 1. The van der Waals surface area contributed by atoms with Crippen molar-refractivity contribution in [1.82, 2.24) is 15.1 Å². The highest BCUT2D eigenvalue weighted by Gasteiger charge is 2.36. The van der Waals surface area contributed by atoms with Crippen LogP contribution in [0.5, 0.6) is 0 Å². The fourth-order valence-corrected chi connectivity index (χ4v) is 2.45. The first-order chi connectivity index (χ1) is 9.74. The van der Waals surface area contributed by atoms with Crippen LogP contribution in [-0.4, -0.2) is 74.1 Å². The van der Waals surface area contributed by atoms with Crippen molar-refractivity contribution in [1.29, 1.82) is 0 Å². The molecule has 0 unspecified atom stereocenters. The smallest absolute Gasteiger partial charge is 0.234 e. The number of carbonyl (C=O) groups excluding carboxylic acids is 2. The Morgan fingerprint density at radius 3 is 2.67 bits per heavy atom. The van der Waals surface area contributed by atoms with E-state index in [0.29, 0.717) is 26.1 Å². The predicted molar refractivity (Wildman–Crippen MR) is 82.0 cm³/mol. The first-order valence-corrected chi connectivity index (χ1v) is 7.48. The molecule has 1 aliphatic rings. The Kier molecular flexibility index (Phi) is 6.61. The largest absolute Gasteiger partial charge is 0.383 e. The fourth-order valence-electron chi connectivity index (χ4n) is 2.45. The molecule has 0 spiro atoms. The van der Waals surface area contributed by atoms with Gasteiger partial charge in [0.15, 0.2) is 0 Å². The minimum absolute atomic E-state index is 0.00439. The van der Waals surface area contributed by atoms with Crippen molar-refractivity contribution < 1.29 is 14.3 Å². The van der Waals surface area contributed by atoms with Crippen LogP contribution in [-0.2, 0) is 14.3 Å². The van der Waals surface area contributed by atoms with Crippen LogP contribution in [0.4, 0.5) is 0 Å². The maximum absolute atomic E-state index is 12.0. The van der Waals surface area contributed by atoms with Gasteiger partial charge in [-0.3, -0.25) is 14.5 Å². The molecule has 1 fully saturated rings. The molecule has 0 bridgehead atoms. The summed E-state index contributed by atoms with van der Waals surface area (Å²) < 4.78 is 4.97. The molecule has 0 radical (unpaired) electrons. The highest BCUT2D eigenvalue weighted by Crippen LogP contribution is 2.25. The van der Waals surface area contributed by atoms with Gasteiger partial charge in [-0.1, -0.05) is 0 Å². The summed E-state index contributed by atoms with van der Waals surface area (Å²) in [5.74, 6) is 0.388. The van der Waals surface area contributed by atoms with Gasteiger partial charge >= 0.3 is 0 Å². The maximum Gasteiger partial charge on any atom is 0.234 e. The number of methoxy groups -OCH3 is 1. The van der Waals surface area contributed by atoms with Crippen molar-refractivity contribution in [3.8, 4) is 0 Å². The summed E-state index contributed by atoms with van der Waals surface area (Å²) in [6.07, 6.45) is 0.525. The lowest BCUT2D eigenvalue weighted by Crippen LogP contribution is -2.43. The van der Waals surface area contributed by atoms with Gasteiger partial charge in [0, 0.05) is 44.6 Å². The van der Waals surface area contributed by atoms with Crippen LogP contribution in [0.2, 0.25) is 0 Å². The summed E-state index contributed by atoms with van der Waals surface area (Å²) in [6.45, 7) is 9.10. The molecule has 0 saturated carbocycles. The van der Waals surface area contributed by atoms with Gasteiger partial charge in [-0.2, -0.15) is 0 Å². The molecule has 21 heavy (non-hydrogen) atoms. The highest BCUT2D eigenvalue weighted by molar-refractivity contribution is 5.80. The number of ether oxygens (including phenoxy) is 1. The second-order valence-corrected chi connectivity index (χ2v) is 6.78. The first-order valence-electron chi connectivity index (χ1n) is 7.48. The molecular formula is C15H29N3O3. The van der Waals surface area contributed by atoms with Crippen molar-refractivity contribution in [2.75, 3.05) is 46.9 Å². The molecule has 0 aromatic rings. The fraction of sp³-hybridized carbons (Fsp3) is 0.867. The molecule has 0 aromatic heterocycles. The summed E-state index contributed by atoms with van der Waals surface area (Å²) in [6, 6.07) is 0. The molecule has 1 heterocycles. The van der Waals surface area contributed by atoms with Crippen LogP contribution >= 0.6 is 0 Å². The Bertz CT molecular complexity index is 366.